The lowest BCUT2D eigenvalue weighted by atomic mass is 9.97. The molecule has 2 aromatic carbocycles. The first-order valence-corrected chi connectivity index (χ1v) is 7.38. The van der Waals surface area contributed by atoms with Crippen LogP contribution in [0.25, 0.3) is 0 Å². The molecule has 2 nitrogen and oxygen atoms in total. The highest BCUT2D eigenvalue weighted by atomic mass is 79.9. The van der Waals surface area contributed by atoms with Crippen LogP contribution in [0.2, 0.25) is 0 Å². The summed E-state index contributed by atoms with van der Waals surface area (Å²) in [5.41, 5.74) is 0.742. The first-order chi connectivity index (χ1) is 10.1. The molecule has 0 spiro atoms. The van der Waals surface area contributed by atoms with E-state index in [4.69, 9.17) is 4.74 Å². The fourth-order valence-electron chi connectivity index (χ4n) is 2.24. The van der Waals surface area contributed by atoms with Crippen LogP contribution in [-0.2, 0) is 0 Å². The molecule has 0 aromatic heterocycles. The van der Waals surface area contributed by atoms with Crippen LogP contribution in [-0.4, -0.2) is 13.7 Å². The molecule has 2 rings (SSSR count). The standard InChI is InChI=1S/C16H16BrF2NO/c1-3-20-16(12-9-10(17)7-8-13(12)18)11-5-4-6-14(21-2)15(11)19/h4-9,16,20H,3H2,1-2H3. The third kappa shape index (κ3) is 3.41. The van der Waals surface area contributed by atoms with Crippen molar-refractivity contribution in [2.24, 2.45) is 0 Å². The SMILES string of the molecule is CCNC(c1cc(Br)ccc1F)c1cccc(OC)c1F. The molecule has 1 unspecified atom stereocenters. The Labute approximate surface area is 131 Å². The van der Waals surface area contributed by atoms with Gasteiger partial charge in [-0.05, 0) is 30.8 Å². The van der Waals surface area contributed by atoms with Crippen molar-refractivity contribution in [1.29, 1.82) is 0 Å². The predicted molar refractivity (Wildman–Crippen MR) is 82.6 cm³/mol. The molecule has 1 N–H and O–H groups in total. The van der Waals surface area contributed by atoms with Gasteiger partial charge in [0.2, 0.25) is 0 Å². The average Bonchev–Trinajstić information content (AvgIpc) is 2.48. The number of halogens is 3. The summed E-state index contributed by atoms with van der Waals surface area (Å²) >= 11 is 3.32. The highest BCUT2D eigenvalue weighted by Crippen LogP contribution is 2.31. The molecule has 0 bridgehead atoms. The lowest BCUT2D eigenvalue weighted by Gasteiger charge is -2.21. The monoisotopic (exact) mass is 355 g/mol. The Morgan fingerprint density at radius 3 is 2.62 bits per heavy atom. The lowest BCUT2D eigenvalue weighted by molar-refractivity contribution is 0.381. The zero-order chi connectivity index (χ0) is 15.4. The van der Waals surface area contributed by atoms with Gasteiger partial charge in [-0.3, -0.25) is 0 Å². The topological polar surface area (TPSA) is 21.3 Å². The largest absolute Gasteiger partial charge is 0.494 e. The fourth-order valence-corrected chi connectivity index (χ4v) is 2.61. The summed E-state index contributed by atoms with van der Waals surface area (Å²) in [6.45, 7) is 2.47. The van der Waals surface area contributed by atoms with E-state index in [2.05, 4.69) is 21.2 Å². The van der Waals surface area contributed by atoms with Crippen molar-refractivity contribution in [2.45, 2.75) is 13.0 Å². The van der Waals surface area contributed by atoms with Crippen molar-refractivity contribution in [2.75, 3.05) is 13.7 Å². The van der Waals surface area contributed by atoms with E-state index >= 15 is 0 Å². The first-order valence-electron chi connectivity index (χ1n) is 6.59. The van der Waals surface area contributed by atoms with E-state index in [0.29, 0.717) is 17.7 Å². The second kappa shape index (κ2) is 7.00. The fraction of sp³-hybridized carbons (Fsp3) is 0.250. The lowest BCUT2D eigenvalue weighted by Crippen LogP contribution is -2.24. The maximum atomic E-state index is 14.5. The Morgan fingerprint density at radius 1 is 1.19 bits per heavy atom. The molecule has 0 aliphatic heterocycles. The molecule has 1 atom stereocenters. The van der Waals surface area contributed by atoms with Gasteiger partial charge in [0.25, 0.3) is 0 Å². The summed E-state index contributed by atoms with van der Waals surface area (Å²) in [4.78, 5) is 0. The van der Waals surface area contributed by atoms with E-state index in [9.17, 15) is 8.78 Å². The van der Waals surface area contributed by atoms with E-state index in [1.807, 2.05) is 6.92 Å². The molecule has 0 aliphatic carbocycles. The van der Waals surface area contributed by atoms with Gasteiger partial charge < -0.3 is 10.1 Å². The quantitative estimate of drug-likeness (QED) is 0.856. The molecule has 0 heterocycles. The van der Waals surface area contributed by atoms with Gasteiger partial charge in [-0.1, -0.05) is 35.0 Å². The van der Waals surface area contributed by atoms with Crippen molar-refractivity contribution < 1.29 is 13.5 Å². The average molecular weight is 356 g/mol. The van der Waals surface area contributed by atoms with Gasteiger partial charge in [0.1, 0.15) is 5.82 Å². The van der Waals surface area contributed by atoms with Crippen LogP contribution < -0.4 is 10.1 Å². The second-order valence-corrected chi connectivity index (χ2v) is 5.44. The van der Waals surface area contributed by atoms with E-state index in [-0.39, 0.29) is 11.6 Å². The normalized spacial score (nSPS) is 12.2. The minimum atomic E-state index is -0.581. The Balaban J connectivity index is 2.56. The molecule has 0 fully saturated rings. The summed E-state index contributed by atoms with van der Waals surface area (Å²) in [6, 6.07) is 8.91. The maximum absolute atomic E-state index is 14.5. The van der Waals surface area contributed by atoms with Crippen LogP contribution in [0, 0.1) is 11.6 Å². The van der Waals surface area contributed by atoms with Gasteiger partial charge in [-0.25, -0.2) is 8.78 Å². The molecule has 0 aliphatic rings. The number of hydrogen-bond acceptors (Lipinski definition) is 2. The molecule has 2 aromatic rings. The number of nitrogens with one attached hydrogen (secondary N) is 1. The van der Waals surface area contributed by atoms with Crippen LogP contribution in [0.15, 0.2) is 40.9 Å². The Kier molecular flexibility index (Phi) is 5.31. The summed E-state index contributed by atoms with van der Waals surface area (Å²) in [7, 11) is 1.41. The van der Waals surface area contributed by atoms with Crippen LogP contribution in [0.5, 0.6) is 5.75 Å². The minimum absolute atomic E-state index is 0.144. The molecular weight excluding hydrogens is 340 g/mol. The smallest absolute Gasteiger partial charge is 0.170 e. The molecule has 5 heteroatoms. The van der Waals surface area contributed by atoms with Gasteiger partial charge in [-0.15, -0.1) is 0 Å². The highest BCUT2D eigenvalue weighted by molar-refractivity contribution is 9.10. The van der Waals surface area contributed by atoms with E-state index in [1.54, 1.807) is 30.3 Å². The predicted octanol–water partition coefficient (Wildman–Crippen LogP) is 4.43. The summed E-state index contributed by atoms with van der Waals surface area (Å²) < 4.78 is 34.3. The number of methoxy groups -OCH3 is 1. The Bertz CT molecular complexity index is 634. The zero-order valence-electron chi connectivity index (χ0n) is 11.8. The number of hydrogen-bond donors (Lipinski definition) is 1. The van der Waals surface area contributed by atoms with Crippen LogP contribution >= 0.6 is 15.9 Å². The van der Waals surface area contributed by atoms with Crippen molar-refractivity contribution >= 4 is 15.9 Å². The maximum Gasteiger partial charge on any atom is 0.170 e. The molecule has 0 amide bonds. The van der Waals surface area contributed by atoms with Crippen LogP contribution in [0.3, 0.4) is 0 Å². The summed E-state index contributed by atoms with van der Waals surface area (Å²) in [5, 5.41) is 3.12. The Hall–Kier alpha value is -1.46. The second-order valence-electron chi connectivity index (χ2n) is 4.52. The van der Waals surface area contributed by atoms with E-state index in [0.717, 1.165) is 4.47 Å². The van der Waals surface area contributed by atoms with Gasteiger partial charge in [0, 0.05) is 15.6 Å². The van der Waals surface area contributed by atoms with Gasteiger partial charge in [0.15, 0.2) is 11.6 Å². The van der Waals surface area contributed by atoms with Gasteiger partial charge in [0.05, 0.1) is 13.2 Å². The first kappa shape index (κ1) is 15.9. The molecule has 21 heavy (non-hydrogen) atoms. The molecule has 0 saturated heterocycles. The third-order valence-electron chi connectivity index (χ3n) is 3.20. The van der Waals surface area contributed by atoms with Crippen molar-refractivity contribution in [3.63, 3.8) is 0 Å². The van der Waals surface area contributed by atoms with E-state index in [1.165, 1.54) is 13.2 Å². The highest BCUT2D eigenvalue weighted by Gasteiger charge is 2.22. The van der Waals surface area contributed by atoms with E-state index < -0.39 is 11.9 Å². The number of ether oxygens (including phenoxy) is 1. The van der Waals surface area contributed by atoms with Crippen molar-refractivity contribution in [3.8, 4) is 5.75 Å². The summed E-state index contributed by atoms with van der Waals surface area (Å²) in [6.07, 6.45) is 0. The van der Waals surface area contributed by atoms with Crippen molar-refractivity contribution in [1.82, 2.24) is 5.32 Å². The number of rotatable bonds is 5. The van der Waals surface area contributed by atoms with Gasteiger partial charge >= 0.3 is 0 Å². The van der Waals surface area contributed by atoms with Crippen LogP contribution in [0.1, 0.15) is 24.1 Å². The number of benzene rings is 2. The van der Waals surface area contributed by atoms with Gasteiger partial charge in [-0.2, -0.15) is 0 Å². The molecular formula is C16H16BrF2NO. The third-order valence-corrected chi connectivity index (χ3v) is 3.69. The molecule has 0 saturated carbocycles. The zero-order valence-corrected chi connectivity index (χ0v) is 13.4. The minimum Gasteiger partial charge on any atom is -0.494 e. The Morgan fingerprint density at radius 2 is 1.95 bits per heavy atom. The molecule has 0 radical (unpaired) electrons. The van der Waals surface area contributed by atoms with Crippen LogP contribution in [0.4, 0.5) is 8.78 Å². The summed E-state index contributed by atoms with van der Waals surface area (Å²) in [5.74, 6) is -0.720. The molecule has 112 valence electrons. The van der Waals surface area contributed by atoms with Crippen molar-refractivity contribution in [3.05, 3.63) is 63.6 Å².